The first kappa shape index (κ1) is 39.5. The van der Waals surface area contributed by atoms with Gasteiger partial charge in [0.15, 0.2) is 11.3 Å². The minimum atomic E-state index is -1.22. The lowest BCUT2D eigenvalue weighted by atomic mass is 10.2. The number of carboxylic acid groups (broad SMARTS) is 2. The summed E-state index contributed by atoms with van der Waals surface area (Å²) in [7, 11) is 6.02. The van der Waals surface area contributed by atoms with Crippen molar-refractivity contribution in [3.05, 3.63) is 132 Å². The van der Waals surface area contributed by atoms with Crippen LogP contribution in [0, 0.1) is 20.2 Å². The Morgan fingerprint density at radius 1 is 0.654 bits per heavy atom. The number of aromatic nitrogens is 8. The number of nitro groups is 2. The van der Waals surface area contributed by atoms with Crippen molar-refractivity contribution in [2.24, 2.45) is 28.2 Å². The maximum Gasteiger partial charge on any atom is 0.335 e. The second kappa shape index (κ2) is 16.2. The van der Waals surface area contributed by atoms with Crippen LogP contribution in [0.2, 0.25) is 10.0 Å². The first-order valence-electron chi connectivity index (χ1n) is 13.8. The highest BCUT2D eigenvalue weighted by atomic mass is 35.5. The minimum absolute atomic E-state index is 0.0741. The van der Waals surface area contributed by atoms with Gasteiger partial charge in [0, 0.05) is 40.3 Å². The number of hydrogen-bond acceptors (Lipinski definition) is 12. The Bertz CT molecular complexity index is 2440. The van der Waals surface area contributed by atoms with Gasteiger partial charge in [0.25, 0.3) is 22.5 Å². The fourth-order valence-corrected chi connectivity index (χ4v) is 4.48. The second-order valence-electron chi connectivity index (χ2n) is 10.1. The SMILES string of the molecule is Cn1c(=O)c2[nH]cnc2n(C)c1=O.Cn1c(=O)c2[nH]cnc2n(C)c1=O.O=C(O)c1ccc(Cl)c([N+](=O)[O-])c1.O=C(O)c1ccc(Cl)c([N+](=O)[O-])c1. The third-order valence-electron chi connectivity index (χ3n) is 6.84. The van der Waals surface area contributed by atoms with Crippen molar-refractivity contribution in [3.63, 3.8) is 0 Å². The third kappa shape index (κ3) is 8.43. The summed E-state index contributed by atoms with van der Waals surface area (Å²) in [6, 6.07) is 6.62. The Kier molecular flexibility index (Phi) is 12.3. The van der Waals surface area contributed by atoms with Crippen LogP contribution in [-0.4, -0.2) is 70.2 Å². The van der Waals surface area contributed by atoms with E-state index in [0.717, 1.165) is 21.3 Å². The number of nitro benzene ring substituents is 2. The van der Waals surface area contributed by atoms with Gasteiger partial charge in [-0.2, -0.15) is 0 Å². The lowest BCUT2D eigenvalue weighted by Crippen LogP contribution is -2.36. The number of aromatic carboxylic acids is 2. The summed E-state index contributed by atoms with van der Waals surface area (Å²) in [5.41, 5.74) is -1.09. The molecule has 6 rings (SSSR count). The van der Waals surface area contributed by atoms with E-state index < -0.39 is 33.2 Å². The monoisotopic (exact) mass is 762 g/mol. The molecule has 0 radical (unpaired) electrons. The number of halogens is 2. The Balaban J connectivity index is 0.000000187. The maximum atomic E-state index is 11.4. The summed E-state index contributed by atoms with van der Waals surface area (Å²) in [4.78, 5) is 98.8. The van der Waals surface area contributed by atoms with Crippen molar-refractivity contribution in [2.45, 2.75) is 0 Å². The molecular weight excluding hydrogens is 739 g/mol. The van der Waals surface area contributed by atoms with Crippen LogP contribution in [-0.2, 0) is 28.2 Å². The minimum Gasteiger partial charge on any atom is -0.478 e. The molecule has 0 aliphatic heterocycles. The lowest BCUT2D eigenvalue weighted by Gasteiger charge is -2.00. The average Bonchev–Trinajstić information content (AvgIpc) is 3.80. The fourth-order valence-electron chi connectivity index (χ4n) is 4.11. The molecule has 0 aliphatic rings. The molecule has 0 fully saturated rings. The van der Waals surface area contributed by atoms with Crippen molar-refractivity contribution in [1.82, 2.24) is 38.2 Å². The first-order chi connectivity index (χ1) is 24.3. The number of nitrogens with zero attached hydrogens (tertiary/aromatic N) is 8. The van der Waals surface area contributed by atoms with Gasteiger partial charge in [-0.25, -0.2) is 29.1 Å². The predicted octanol–water partition coefficient (Wildman–Crippen LogP) is 1.81. The highest BCUT2D eigenvalue weighted by Crippen LogP contribution is 2.25. The molecule has 4 aromatic heterocycles. The van der Waals surface area contributed by atoms with E-state index in [1.807, 2.05) is 0 Å². The van der Waals surface area contributed by atoms with E-state index in [1.54, 1.807) is 14.1 Å². The number of fused-ring (bicyclic) bond motifs is 2. The fraction of sp³-hybridized carbons (Fsp3) is 0.143. The van der Waals surface area contributed by atoms with Crippen molar-refractivity contribution in [1.29, 1.82) is 0 Å². The highest BCUT2D eigenvalue weighted by Gasteiger charge is 2.16. The summed E-state index contributed by atoms with van der Waals surface area (Å²) in [5, 5.41) is 37.5. The van der Waals surface area contributed by atoms with Crippen molar-refractivity contribution < 1.29 is 29.6 Å². The van der Waals surface area contributed by atoms with E-state index >= 15 is 0 Å². The summed E-state index contributed by atoms with van der Waals surface area (Å²) in [6.45, 7) is 0. The van der Waals surface area contributed by atoms with E-state index in [-0.39, 0.29) is 43.7 Å². The summed E-state index contributed by atoms with van der Waals surface area (Å²) in [6.07, 6.45) is 2.79. The number of rotatable bonds is 4. The lowest BCUT2D eigenvalue weighted by molar-refractivity contribution is -0.384. The largest absolute Gasteiger partial charge is 0.478 e. The van der Waals surface area contributed by atoms with Crippen LogP contribution in [0.3, 0.4) is 0 Å². The molecule has 4 heterocycles. The highest BCUT2D eigenvalue weighted by molar-refractivity contribution is 6.33. The first-order valence-corrected chi connectivity index (χ1v) is 14.6. The standard InChI is InChI=1S/2C7H4ClNO4.2C7H8N4O2/c2*8-5-2-1-4(7(10)11)3-6(5)9(12)13;2*1-10-5-4(8-3-9-5)6(12)11(2)7(10)13/h2*1-3H,(H,10,11);2*3H,1-2H3,(H,8,9). The molecule has 0 saturated heterocycles. The Morgan fingerprint density at radius 2 is 0.981 bits per heavy atom. The molecule has 0 saturated carbocycles. The van der Waals surface area contributed by atoms with Gasteiger partial charge in [-0.05, 0) is 24.3 Å². The van der Waals surface area contributed by atoms with E-state index in [1.165, 1.54) is 60.1 Å². The van der Waals surface area contributed by atoms with Crippen LogP contribution < -0.4 is 22.5 Å². The number of imidazole rings is 2. The van der Waals surface area contributed by atoms with Gasteiger partial charge in [-0.15, -0.1) is 0 Å². The maximum absolute atomic E-state index is 11.4. The summed E-state index contributed by atoms with van der Waals surface area (Å²) < 4.78 is 4.74. The normalized spacial score (nSPS) is 10.3. The van der Waals surface area contributed by atoms with Crippen molar-refractivity contribution >= 4 is 68.8 Å². The summed E-state index contributed by atoms with van der Waals surface area (Å²) >= 11 is 10.9. The average molecular weight is 763 g/mol. The molecule has 272 valence electrons. The van der Waals surface area contributed by atoms with Crippen LogP contribution in [0.1, 0.15) is 20.7 Å². The van der Waals surface area contributed by atoms with Gasteiger partial charge in [0.1, 0.15) is 21.1 Å². The number of aromatic amines is 2. The molecule has 0 aliphatic carbocycles. The summed E-state index contributed by atoms with van der Waals surface area (Å²) in [5.74, 6) is -2.44. The molecule has 0 unspecified atom stereocenters. The van der Waals surface area contributed by atoms with Gasteiger partial charge in [-0.1, -0.05) is 23.2 Å². The Morgan fingerprint density at radius 3 is 1.27 bits per heavy atom. The topological polar surface area (TPSA) is 306 Å². The number of carboxylic acids is 2. The zero-order valence-electron chi connectivity index (χ0n) is 26.9. The Hall–Kier alpha value is -6.94. The third-order valence-corrected chi connectivity index (χ3v) is 7.48. The van der Waals surface area contributed by atoms with E-state index in [2.05, 4.69) is 19.9 Å². The number of nitrogens with one attached hydrogen (secondary N) is 2. The number of aryl methyl sites for hydroxylation is 2. The van der Waals surface area contributed by atoms with E-state index in [4.69, 9.17) is 33.4 Å². The predicted molar refractivity (Wildman–Crippen MR) is 183 cm³/mol. The zero-order valence-corrected chi connectivity index (χ0v) is 28.4. The van der Waals surface area contributed by atoms with Crippen molar-refractivity contribution in [2.75, 3.05) is 0 Å². The van der Waals surface area contributed by atoms with Gasteiger partial charge >= 0.3 is 23.3 Å². The van der Waals surface area contributed by atoms with Gasteiger partial charge < -0.3 is 20.2 Å². The van der Waals surface area contributed by atoms with E-state index in [9.17, 15) is 49.0 Å². The van der Waals surface area contributed by atoms with Crippen LogP contribution in [0.5, 0.6) is 0 Å². The second-order valence-corrected chi connectivity index (χ2v) is 10.9. The molecule has 24 heteroatoms. The quantitative estimate of drug-likeness (QED) is 0.147. The molecule has 2 aromatic carbocycles. The molecule has 52 heavy (non-hydrogen) atoms. The molecule has 0 bridgehead atoms. The molecule has 0 amide bonds. The smallest absolute Gasteiger partial charge is 0.335 e. The van der Waals surface area contributed by atoms with Crippen LogP contribution >= 0.6 is 23.2 Å². The molecule has 0 spiro atoms. The number of hydrogen-bond donors (Lipinski definition) is 4. The van der Waals surface area contributed by atoms with Crippen LogP contribution in [0.25, 0.3) is 22.3 Å². The van der Waals surface area contributed by atoms with Gasteiger partial charge in [0.05, 0.1) is 33.6 Å². The zero-order chi connectivity index (χ0) is 39.2. The van der Waals surface area contributed by atoms with Crippen molar-refractivity contribution in [3.8, 4) is 0 Å². The van der Waals surface area contributed by atoms with Gasteiger partial charge in [0.2, 0.25) is 0 Å². The number of H-pyrrole nitrogens is 2. The Labute approximate surface area is 296 Å². The molecule has 0 atom stereocenters. The van der Waals surface area contributed by atoms with E-state index in [0.29, 0.717) is 22.3 Å². The van der Waals surface area contributed by atoms with Gasteiger partial charge in [-0.3, -0.25) is 48.1 Å². The van der Waals surface area contributed by atoms with Crippen LogP contribution in [0.15, 0.2) is 68.2 Å². The molecule has 22 nitrogen and oxygen atoms in total. The number of benzene rings is 2. The molecule has 6 aromatic rings. The molecule has 4 N–H and O–H groups in total. The van der Waals surface area contributed by atoms with Crippen LogP contribution in [0.4, 0.5) is 11.4 Å². The molecular formula is C28H24Cl2N10O12. The number of carbonyl (C=O) groups is 2.